The molecule has 2 unspecified atom stereocenters. The molecule has 0 saturated heterocycles. The van der Waals surface area contributed by atoms with Gasteiger partial charge in [0.2, 0.25) is 0 Å². The zero-order valence-corrected chi connectivity index (χ0v) is 10.6. The number of aliphatic carboxylic acids is 1. The van der Waals surface area contributed by atoms with Crippen molar-refractivity contribution in [1.29, 1.82) is 0 Å². The number of carboxylic acids is 1. The van der Waals surface area contributed by atoms with Crippen molar-refractivity contribution in [2.45, 2.75) is 46.1 Å². The molecule has 96 valence electrons. The molecule has 0 aromatic heterocycles. The Balaban J connectivity index is 3.73. The van der Waals surface area contributed by atoms with Crippen LogP contribution in [0.1, 0.15) is 40.0 Å². The first-order valence-corrected chi connectivity index (χ1v) is 5.99. The third-order valence-corrected chi connectivity index (χ3v) is 2.59. The lowest BCUT2D eigenvalue weighted by molar-refractivity contribution is -0.138. The van der Waals surface area contributed by atoms with Gasteiger partial charge < -0.3 is 15.6 Å². The van der Waals surface area contributed by atoms with Crippen molar-refractivity contribution in [2.75, 3.05) is 13.2 Å². The Hall–Kier alpha value is -0.610. The minimum Gasteiger partial charge on any atom is -0.481 e. The number of ether oxygens (including phenoxy) is 1. The van der Waals surface area contributed by atoms with E-state index in [0.717, 1.165) is 19.4 Å². The molecule has 0 aliphatic carbocycles. The highest BCUT2D eigenvalue weighted by atomic mass is 16.5. The third kappa shape index (κ3) is 8.68. The van der Waals surface area contributed by atoms with Crippen LogP contribution in [0.2, 0.25) is 0 Å². The van der Waals surface area contributed by atoms with Crippen LogP contribution in [-0.4, -0.2) is 30.3 Å². The molecule has 0 radical (unpaired) electrons. The second-order valence-electron chi connectivity index (χ2n) is 4.75. The van der Waals surface area contributed by atoms with E-state index in [1.165, 1.54) is 0 Å². The fraction of sp³-hybridized carbons (Fsp3) is 0.917. The van der Waals surface area contributed by atoms with Gasteiger partial charge >= 0.3 is 5.97 Å². The van der Waals surface area contributed by atoms with Gasteiger partial charge in [0.05, 0.1) is 6.10 Å². The van der Waals surface area contributed by atoms with E-state index >= 15 is 0 Å². The summed E-state index contributed by atoms with van der Waals surface area (Å²) in [4.78, 5) is 10.6. The Bertz CT molecular complexity index is 195. The monoisotopic (exact) mass is 231 g/mol. The Morgan fingerprint density at radius 3 is 2.44 bits per heavy atom. The minimum atomic E-state index is -0.763. The maximum atomic E-state index is 10.6. The Kier molecular flexibility index (Phi) is 8.21. The van der Waals surface area contributed by atoms with Crippen molar-refractivity contribution < 1.29 is 14.6 Å². The Morgan fingerprint density at radius 2 is 2.00 bits per heavy atom. The van der Waals surface area contributed by atoms with Crippen LogP contribution in [0.5, 0.6) is 0 Å². The second kappa shape index (κ2) is 8.53. The predicted octanol–water partition coefficient (Wildman–Crippen LogP) is 1.88. The molecule has 0 aromatic carbocycles. The lowest BCUT2D eigenvalue weighted by Crippen LogP contribution is -2.21. The standard InChI is InChI=1S/C12H25NO3/c1-9(2)16-5-4-10(3)6-11(8-13)7-12(14)15/h9-11H,4-8,13H2,1-3H3,(H,14,15). The number of hydrogen-bond acceptors (Lipinski definition) is 3. The molecule has 0 aliphatic rings. The van der Waals surface area contributed by atoms with Crippen LogP contribution in [0.25, 0.3) is 0 Å². The molecule has 16 heavy (non-hydrogen) atoms. The highest BCUT2D eigenvalue weighted by molar-refractivity contribution is 5.67. The zero-order valence-electron chi connectivity index (χ0n) is 10.6. The highest BCUT2D eigenvalue weighted by Gasteiger charge is 2.15. The minimum absolute atomic E-state index is 0.0894. The molecule has 0 aliphatic heterocycles. The maximum Gasteiger partial charge on any atom is 0.303 e. The second-order valence-corrected chi connectivity index (χ2v) is 4.75. The molecule has 4 nitrogen and oxygen atoms in total. The van der Waals surface area contributed by atoms with Gasteiger partial charge in [0.1, 0.15) is 0 Å². The third-order valence-electron chi connectivity index (χ3n) is 2.59. The molecule has 0 aromatic rings. The normalized spacial score (nSPS) is 15.1. The summed E-state index contributed by atoms with van der Waals surface area (Å²) in [6.45, 7) is 7.33. The van der Waals surface area contributed by atoms with Crippen molar-refractivity contribution >= 4 is 5.97 Å². The average molecular weight is 231 g/mol. The largest absolute Gasteiger partial charge is 0.481 e. The van der Waals surface area contributed by atoms with Crippen LogP contribution >= 0.6 is 0 Å². The summed E-state index contributed by atoms with van der Waals surface area (Å²) in [6, 6.07) is 0. The van der Waals surface area contributed by atoms with Gasteiger partial charge in [-0.25, -0.2) is 0 Å². The summed E-state index contributed by atoms with van der Waals surface area (Å²) in [5.41, 5.74) is 5.55. The molecule has 4 heteroatoms. The summed E-state index contributed by atoms with van der Waals surface area (Å²) in [6.07, 6.45) is 2.27. The molecular weight excluding hydrogens is 206 g/mol. The lowest BCUT2D eigenvalue weighted by Gasteiger charge is -2.18. The zero-order chi connectivity index (χ0) is 12.6. The molecule has 0 heterocycles. The van der Waals surface area contributed by atoms with Crippen molar-refractivity contribution in [3.63, 3.8) is 0 Å². The van der Waals surface area contributed by atoms with Crippen LogP contribution in [0.15, 0.2) is 0 Å². The number of carbonyl (C=O) groups is 1. The summed E-state index contributed by atoms with van der Waals surface area (Å²) in [7, 11) is 0. The summed E-state index contributed by atoms with van der Waals surface area (Å²) >= 11 is 0. The van der Waals surface area contributed by atoms with Gasteiger partial charge in [-0.1, -0.05) is 6.92 Å². The summed E-state index contributed by atoms with van der Waals surface area (Å²) in [5.74, 6) is -0.209. The average Bonchev–Trinajstić information content (AvgIpc) is 2.15. The quantitative estimate of drug-likeness (QED) is 0.635. The molecule has 0 spiro atoms. The first-order valence-electron chi connectivity index (χ1n) is 5.99. The van der Waals surface area contributed by atoms with Crippen LogP contribution < -0.4 is 5.73 Å². The van der Waals surface area contributed by atoms with Gasteiger partial charge in [-0.05, 0) is 45.1 Å². The number of nitrogens with two attached hydrogens (primary N) is 1. The first-order chi connectivity index (χ1) is 7.45. The molecule has 0 fully saturated rings. The van der Waals surface area contributed by atoms with E-state index in [1.54, 1.807) is 0 Å². The van der Waals surface area contributed by atoms with Gasteiger partial charge in [0, 0.05) is 13.0 Å². The summed E-state index contributed by atoms with van der Waals surface area (Å²) in [5, 5.41) is 8.70. The van der Waals surface area contributed by atoms with E-state index in [0.29, 0.717) is 12.5 Å². The van der Waals surface area contributed by atoms with E-state index in [4.69, 9.17) is 15.6 Å². The van der Waals surface area contributed by atoms with Gasteiger partial charge in [-0.3, -0.25) is 4.79 Å². The highest BCUT2D eigenvalue weighted by Crippen LogP contribution is 2.17. The molecule has 0 amide bonds. The molecule has 2 atom stereocenters. The molecule has 0 rings (SSSR count). The van der Waals surface area contributed by atoms with E-state index in [-0.39, 0.29) is 18.4 Å². The lowest BCUT2D eigenvalue weighted by atomic mass is 9.91. The Labute approximate surface area is 98.2 Å². The van der Waals surface area contributed by atoms with Crippen LogP contribution in [0.3, 0.4) is 0 Å². The number of rotatable bonds is 9. The summed E-state index contributed by atoms with van der Waals surface area (Å²) < 4.78 is 5.46. The molecular formula is C12H25NO3. The van der Waals surface area contributed by atoms with E-state index in [1.807, 2.05) is 13.8 Å². The van der Waals surface area contributed by atoms with E-state index < -0.39 is 5.97 Å². The van der Waals surface area contributed by atoms with Crippen LogP contribution in [0, 0.1) is 11.8 Å². The van der Waals surface area contributed by atoms with Crippen LogP contribution in [0.4, 0.5) is 0 Å². The van der Waals surface area contributed by atoms with Crippen molar-refractivity contribution in [2.24, 2.45) is 17.6 Å². The predicted molar refractivity (Wildman–Crippen MR) is 64.3 cm³/mol. The van der Waals surface area contributed by atoms with Crippen molar-refractivity contribution in [1.82, 2.24) is 0 Å². The smallest absolute Gasteiger partial charge is 0.303 e. The Morgan fingerprint density at radius 1 is 1.38 bits per heavy atom. The first kappa shape index (κ1) is 15.4. The fourth-order valence-electron chi connectivity index (χ4n) is 1.70. The van der Waals surface area contributed by atoms with E-state index in [9.17, 15) is 4.79 Å². The maximum absolute atomic E-state index is 10.6. The molecule has 0 saturated carbocycles. The van der Waals surface area contributed by atoms with Gasteiger partial charge in [0.15, 0.2) is 0 Å². The van der Waals surface area contributed by atoms with Gasteiger partial charge in [0.25, 0.3) is 0 Å². The number of carboxylic acid groups (broad SMARTS) is 1. The van der Waals surface area contributed by atoms with Gasteiger partial charge in [-0.2, -0.15) is 0 Å². The molecule has 3 N–H and O–H groups in total. The SMILES string of the molecule is CC(CCOC(C)C)CC(CN)CC(=O)O. The van der Waals surface area contributed by atoms with E-state index in [2.05, 4.69) is 6.92 Å². The van der Waals surface area contributed by atoms with Gasteiger partial charge in [-0.15, -0.1) is 0 Å². The van der Waals surface area contributed by atoms with Crippen molar-refractivity contribution in [3.05, 3.63) is 0 Å². The van der Waals surface area contributed by atoms with Crippen LogP contribution in [-0.2, 0) is 9.53 Å². The van der Waals surface area contributed by atoms with Crippen molar-refractivity contribution in [3.8, 4) is 0 Å². The molecule has 0 bridgehead atoms. The fourth-order valence-corrected chi connectivity index (χ4v) is 1.70. The topological polar surface area (TPSA) is 72.5 Å². The number of hydrogen-bond donors (Lipinski definition) is 2.